The highest BCUT2D eigenvalue weighted by Gasteiger charge is 2.14. The van der Waals surface area contributed by atoms with E-state index in [1.165, 1.54) is 11.8 Å². The molecular formula is C13H16ClN5OS. The minimum Gasteiger partial charge on any atom is -0.368 e. The van der Waals surface area contributed by atoms with Gasteiger partial charge in [-0.3, -0.25) is 9.36 Å². The van der Waals surface area contributed by atoms with Crippen LogP contribution in [0.3, 0.4) is 0 Å². The summed E-state index contributed by atoms with van der Waals surface area (Å²) in [4.78, 5) is 11.1. The zero-order chi connectivity index (χ0) is 15.6. The summed E-state index contributed by atoms with van der Waals surface area (Å²) in [5.41, 5.74) is 12.3. The summed E-state index contributed by atoms with van der Waals surface area (Å²) >= 11 is 7.65. The number of primary amides is 1. The minimum atomic E-state index is -0.497. The number of halogens is 1. The predicted octanol–water partition coefficient (Wildman–Crippen LogP) is 2.49. The molecule has 0 aliphatic carbocycles. The van der Waals surface area contributed by atoms with Crippen LogP contribution in [0, 0.1) is 0 Å². The third-order valence-electron chi connectivity index (χ3n) is 2.90. The first-order valence-corrected chi connectivity index (χ1v) is 7.68. The molecule has 0 saturated carbocycles. The van der Waals surface area contributed by atoms with Gasteiger partial charge < -0.3 is 11.5 Å². The number of nitrogen functional groups attached to an aromatic ring is 1. The van der Waals surface area contributed by atoms with E-state index in [2.05, 4.69) is 10.2 Å². The third kappa shape index (κ3) is 3.48. The van der Waals surface area contributed by atoms with Crippen LogP contribution >= 0.6 is 23.4 Å². The first kappa shape index (κ1) is 15.7. The van der Waals surface area contributed by atoms with Crippen LogP contribution in [0.5, 0.6) is 0 Å². The Morgan fingerprint density at radius 1 is 1.43 bits per heavy atom. The molecule has 0 atom stereocenters. The molecule has 0 radical (unpaired) electrons. The molecule has 1 aromatic carbocycles. The molecule has 0 aliphatic rings. The van der Waals surface area contributed by atoms with Gasteiger partial charge in [0.05, 0.1) is 0 Å². The number of carbonyl (C=O) groups is 1. The van der Waals surface area contributed by atoms with Crippen LogP contribution in [0.4, 0.5) is 5.95 Å². The van der Waals surface area contributed by atoms with Crippen molar-refractivity contribution in [1.82, 2.24) is 14.8 Å². The van der Waals surface area contributed by atoms with E-state index < -0.39 is 5.91 Å². The van der Waals surface area contributed by atoms with Gasteiger partial charge in [-0.15, -0.1) is 10.2 Å². The fourth-order valence-electron chi connectivity index (χ4n) is 1.83. The molecule has 4 N–H and O–H groups in total. The van der Waals surface area contributed by atoms with Crippen molar-refractivity contribution < 1.29 is 4.79 Å². The van der Waals surface area contributed by atoms with Gasteiger partial charge in [0.15, 0.2) is 5.16 Å². The second-order valence-electron chi connectivity index (χ2n) is 4.76. The highest BCUT2D eigenvalue weighted by molar-refractivity contribution is 7.98. The Kier molecular flexibility index (Phi) is 4.74. The molecular weight excluding hydrogens is 310 g/mol. The molecule has 112 valence electrons. The monoisotopic (exact) mass is 325 g/mol. The lowest BCUT2D eigenvalue weighted by Gasteiger charge is -2.11. The summed E-state index contributed by atoms with van der Waals surface area (Å²) in [6.07, 6.45) is 0. The zero-order valence-electron chi connectivity index (χ0n) is 11.7. The fraction of sp³-hybridized carbons (Fsp3) is 0.308. The van der Waals surface area contributed by atoms with E-state index in [0.29, 0.717) is 22.3 Å². The second-order valence-corrected chi connectivity index (χ2v) is 6.11. The Hall–Kier alpha value is -1.73. The summed E-state index contributed by atoms with van der Waals surface area (Å²) in [6.45, 7) is 4.02. The number of hydrogen-bond donors (Lipinski definition) is 2. The predicted molar refractivity (Wildman–Crippen MR) is 84.4 cm³/mol. The smallest absolute Gasteiger partial charge is 0.248 e. The molecule has 1 heterocycles. The maximum atomic E-state index is 11.1. The van der Waals surface area contributed by atoms with Crippen molar-refractivity contribution >= 4 is 35.2 Å². The van der Waals surface area contributed by atoms with Crippen LogP contribution in [-0.2, 0) is 5.75 Å². The van der Waals surface area contributed by atoms with Crippen LogP contribution in [0.15, 0.2) is 23.4 Å². The van der Waals surface area contributed by atoms with Crippen LogP contribution < -0.4 is 11.5 Å². The maximum absolute atomic E-state index is 11.1. The molecule has 0 fully saturated rings. The van der Waals surface area contributed by atoms with Gasteiger partial charge >= 0.3 is 0 Å². The van der Waals surface area contributed by atoms with Crippen molar-refractivity contribution in [2.45, 2.75) is 30.8 Å². The number of amides is 1. The first-order valence-electron chi connectivity index (χ1n) is 6.31. The molecule has 0 unspecified atom stereocenters. The number of aromatic nitrogens is 3. The highest BCUT2D eigenvalue weighted by Crippen LogP contribution is 2.28. The highest BCUT2D eigenvalue weighted by atomic mass is 35.5. The third-order valence-corrected chi connectivity index (χ3v) is 4.25. The number of benzene rings is 1. The quantitative estimate of drug-likeness (QED) is 0.823. The van der Waals surface area contributed by atoms with Gasteiger partial charge in [0, 0.05) is 22.4 Å². The standard InChI is InChI=1S/C13H16ClN5OS/c1-7(2)19-12(16)17-18-13(19)21-6-9-4-3-8(11(15)20)5-10(9)14/h3-5,7H,6H2,1-2H3,(H2,15,20)(H2,16,17). The number of thioether (sulfide) groups is 1. The molecule has 0 saturated heterocycles. The molecule has 6 nitrogen and oxygen atoms in total. The van der Waals surface area contributed by atoms with Gasteiger partial charge in [-0.1, -0.05) is 29.4 Å². The number of anilines is 1. The molecule has 21 heavy (non-hydrogen) atoms. The van der Waals surface area contributed by atoms with Crippen molar-refractivity contribution in [2.75, 3.05) is 5.73 Å². The van der Waals surface area contributed by atoms with Gasteiger partial charge in [-0.2, -0.15) is 0 Å². The number of carbonyl (C=O) groups excluding carboxylic acids is 1. The van der Waals surface area contributed by atoms with Gasteiger partial charge in [0.25, 0.3) is 0 Å². The Morgan fingerprint density at radius 2 is 2.14 bits per heavy atom. The van der Waals surface area contributed by atoms with Crippen LogP contribution in [0.1, 0.15) is 35.8 Å². The summed E-state index contributed by atoms with van der Waals surface area (Å²) in [5, 5.41) is 9.18. The average molecular weight is 326 g/mol. The second kappa shape index (κ2) is 6.36. The van der Waals surface area contributed by atoms with E-state index in [0.717, 1.165) is 10.7 Å². The number of nitrogens with zero attached hydrogens (tertiary/aromatic N) is 3. The summed E-state index contributed by atoms with van der Waals surface area (Å²) in [7, 11) is 0. The van der Waals surface area contributed by atoms with E-state index in [1.807, 2.05) is 18.4 Å². The van der Waals surface area contributed by atoms with Gasteiger partial charge in [0.2, 0.25) is 11.9 Å². The molecule has 8 heteroatoms. The van der Waals surface area contributed by atoms with Crippen LogP contribution in [0.2, 0.25) is 5.02 Å². The molecule has 1 aromatic heterocycles. The van der Waals surface area contributed by atoms with Gasteiger partial charge in [-0.25, -0.2) is 0 Å². The molecule has 0 bridgehead atoms. The van der Waals surface area contributed by atoms with Crippen molar-refractivity contribution in [3.8, 4) is 0 Å². The average Bonchev–Trinajstić information content (AvgIpc) is 2.78. The van der Waals surface area contributed by atoms with E-state index >= 15 is 0 Å². The van der Waals surface area contributed by atoms with Crippen molar-refractivity contribution in [3.63, 3.8) is 0 Å². The number of nitrogens with two attached hydrogens (primary N) is 2. The molecule has 2 rings (SSSR count). The van der Waals surface area contributed by atoms with Crippen molar-refractivity contribution in [3.05, 3.63) is 34.3 Å². The lowest BCUT2D eigenvalue weighted by atomic mass is 10.1. The van der Waals surface area contributed by atoms with E-state index in [9.17, 15) is 4.79 Å². The van der Waals surface area contributed by atoms with Crippen molar-refractivity contribution in [1.29, 1.82) is 0 Å². The van der Waals surface area contributed by atoms with Crippen LogP contribution in [0.25, 0.3) is 0 Å². The van der Waals surface area contributed by atoms with Crippen LogP contribution in [-0.4, -0.2) is 20.7 Å². The largest absolute Gasteiger partial charge is 0.368 e. The Morgan fingerprint density at radius 3 is 2.71 bits per heavy atom. The number of hydrogen-bond acceptors (Lipinski definition) is 5. The SMILES string of the molecule is CC(C)n1c(N)nnc1SCc1ccc(C(N)=O)cc1Cl. The molecule has 2 aromatic rings. The normalized spacial score (nSPS) is 11.0. The Balaban J connectivity index is 2.15. The first-order chi connectivity index (χ1) is 9.90. The fourth-order valence-corrected chi connectivity index (χ4v) is 3.24. The topological polar surface area (TPSA) is 99.8 Å². The summed E-state index contributed by atoms with van der Waals surface area (Å²) in [5.74, 6) is 0.494. The summed E-state index contributed by atoms with van der Waals surface area (Å²) < 4.78 is 1.86. The van der Waals surface area contributed by atoms with Gasteiger partial charge in [-0.05, 0) is 31.5 Å². The van der Waals surface area contributed by atoms with Crippen molar-refractivity contribution in [2.24, 2.45) is 5.73 Å². The number of rotatable bonds is 5. The molecule has 0 spiro atoms. The lowest BCUT2D eigenvalue weighted by Crippen LogP contribution is -2.10. The molecule has 0 aliphatic heterocycles. The van der Waals surface area contributed by atoms with E-state index in [1.54, 1.807) is 18.2 Å². The minimum absolute atomic E-state index is 0.176. The van der Waals surface area contributed by atoms with Gasteiger partial charge in [0.1, 0.15) is 0 Å². The lowest BCUT2D eigenvalue weighted by molar-refractivity contribution is 0.100. The Bertz CT molecular complexity index is 671. The Labute approximate surface area is 131 Å². The summed E-state index contributed by atoms with van der Waals surface area (Å²) in [6, 6.07) is 5.19. The molecule has 1 amide bonds. The van der Waals surface area contributed by atoms with E-state index in [-0.39, 0.29) is 6.04 Å². The maximum Gasteiger partial charge on any atom is 0.248 e. The van der Waals surface area contributed by atoms with E-state index in [4.69, 9.17) is 23.1 Å². The zero-order valence-corrected chi connectivity index (χ0v) is 13.3.